The van der Waals surface area contributed by atoms with Crippen molar-refractivity contribution in [3.63, 3.8) is 0 Å². The molecule has 1 aliphatic rings. The number of fused-ring (bicyclic) bond motifs is 1. The van der Waals surface area contributed by atoms with E-state index in [0.717, 1.165) is 16.8 Å². The van der Waals surface area contributed by atoms with Gasteiger partial charge in [-0.2, -0.15) is 0 Å². The Morgan fingerprint density at radius 1 is 1.69 bits per heavy atom. The topological polar surface area (TPSA) is 51.6 Å². The van der Waals surface area contributed by atoms with Crippen LogP contribution in [-0.2, 0) is 11.3 Å². The van der Waals surface area contributed by atoms with Crippen molar-refractivity contribution in [2.24, 2.45) is 0 Å². The first-order chi connectivity index (χ1) is 7.74. The Balaban J connectivity index is 2.32. The van der Waals surface area contributed by atoms with Crippen LogP contribution in [0.5, 0.6) is 5.75 Å². The van der Waals surface area contributed by atoms with Crippen molar-refractivity contribution in [2.75, 3.05) is 6.61 Å². The SMILES string of the molecule is C/C=C/COc1c(C)ncc2c1C(O)OC2. The zero-order valence-corrected chi connectivity index (χ0v) is 9.43. The van der Waals surface area contributed by atoms with Crippen LogP contribution in [0, 0.1) is 6.92 Å². The molecule has 0 bridgehead atoms. The first kappa shape index (κ1) is 11.1. The summed E-state index contributed by atoms with van der Waals surface area (Å²) in [6.45, 7) is 4.66. The molecule has 1 aromatic rings. The van der Waals surface area contributed by atoms with Gasteiger partial charge in [-0.1, -0.05) is 12.2 Å². The third kappa shape index (κ3) is 1.94. The largest absolute Gasteiger partial charge is 0.487 e. The highest BCUT2D eigenvalue weighted by Gasteiger charge is 2.27. The van der Waals surface area contributed by atoms with Crippen LogP contribution in [0.2, 0.25) is 0 Å². The molecule has 1 aromatic heterocycles. The van der Waals surface area contributed by atoms with E-state index in [2.05, 4.69) is 4.98 Å². The van der Waals surface area contributed by atoms with Crippen molar-refractivity contribution in [2.45, 2.75) is 26.7 Å². The lowest BCUT2D eigenvalue weighted by atomic mass is 10.1. The summed E-state index contributed by atoms with van der Waals surface area (Å²) < 4.78 is 10.7. The van der Waals surface area contributed by atoms with Gasteiger partial charge in [-0.3, -0.25) is 4.98 Å². The van der Waals surface area contributed by atoms with E-state index in [1.54, 1.807) is 6.20 Å². The fourth-order valence-electron chi connectivity index (χ4n) is 1.69. The number of hydrogen-bond donors (Lipinski definition) is 1. The molecular weight excluding hydrogens is 206 g/mol. The third-order valence-corrected chi connectivity index (χ3v) is 2.54. The molecule has 0 amide bonds. The lowest BCUT2D eigenvalue weighted by molar-refractivity contribution is -0.0927. The molecule has 4 heteroatoms. The normalized spacial score (nSPS) is 19.1. The highest BCUT2D eigenvalue weighted by molar-refractivity contribution is 5.44. The van der Waals surface area contributed by atoms with Crippen molar-refractivity contribution in [3.8, 4) is 5.75 Å². The summed E-state index contributed by atoms with van der Waals surface area (Å²) in [7, 11) is 0. The molecule has 1 unspecified atom stereocenters. The molecule has 0 saturated heterocycles. The monoisotopic (exact) mass is 221 g/mol. The molecular formula is C12H15NO3. The van der Waals surface area contributed by atoms with Gasteiger partial charge in [-0.25, -0.2) is 0 Å². The Labute approximate surface area is 94.5 Å². The van der Waals surface area contributed by atoms with E-state index in [1.165, 1.54) is 0 Å². The molecule has 1 aliphatic heterocycles. The summed E-state index contributed by atoms with van der Waals surface area (Å²) in [4.78, 5) is 4.22. The van der Waals surface area contributed by atoms with Crippen LogP contribution in [0.15, 0.2) is 18.3 Å². The van der Waals surface area contributed by atoms with Crippen LogP contribution in [0.4, 0.5) is 0 Å². The van der Waals surface area contributed by atoms with Crippen molar-refractivity contribution in [1.82, 2.24) is 4.98 Å². The van der Waals surface area contributed by atoms with Crippen LogP contribution >= 0.6 is 0 Å². The van der Waals surface area contributed by atoms with Gasteiger partial charge in [0.15, 0.2) is 6.29 Å². The summed E-state index contributed by atoms with van der Waals surface area (Å²) in [6, 6.07) is 0. The highest BCUT2D eigenvalue weighted by Crippen LogP contribution is 2.37. The van der Waals surface area contributed by atoms with Gasteiger partial charge in [0.1, 0.15) is 12.4 Å². The van der Waals surface area contributed by atoms with Gasteiger partial charge in [0.2, 0.25) is 0 Å². The van der Waals surface area contributed by atoms with Crippen molar-refractivity contribution < 1.29 is 14.6 Å². The zero-order valence-electron chi connectivity index (χ0n) is 9.43. The number of ether oxygens (including phenoxy) is 2. The minimum Gasteiger partial charge on any atom is -0.487 e. The molecule has 2 rings (SSSR count). The quantitative estimate of drug-likeness (QED) is 0.791. The second-order valence-corrected chi connectivity index (χ2v) is 3.66. The van der Waals surface area contributed by atoms with Crippen molar-refractivity contribution in [1.29, 1.82) is 0 Å². The van der Waals surface area contributed by atoms with E-state index in [1.807, 2.05) is 26.0 Å². The average Bonchev–Trinajstić information content (AvgIpc) is 2.64. The first-order valence-electron chi connectivity index (χ1n) is 5.26. The number of aliphatic hydroxyl groups is 1. The Kier molecular flexibility index (Phi) is 3.22. The predicted molar refractivity (Wildman–Crippen MR) is 59.0 cm³/mol. The van der Waals surface area contributed by atoms with Gasteiger partial charge in [0.05, 0.1) is 17.9 Å². The van der Waals surface area contributed by atoms with Crippen LogP contribution in [0.1, 0.15) is 30.0 Å². The fourth-order valence-corrected chi connectivity index (χ4v) is 1.69. The summed E-state index contributed by atoms with van der Waals surface area (Å²) in [6.07, 6.45) is 4.65. The van der Waals surface area contributed by atoms with E-state index in [0.29, 0.717) is 19.0 Å². The molecule has 4 nitrogen and oxygen atoms in total. The van der Waals surface area contributed by atoms with E-state index in [9.17, 15) is 5.11 Å². The maximum atomic E-state index is 9.70. The minimum atomic E-state index is -0.891. The smallest absolute Gasteiger partial charge is 0.185 e. The maximum absolute atomic E-state index is 9.70. The van der Waals surface area contributed by atoms with Gasteiger partial charge in [-0.05, 0) is 13.8 Å². The van der Waals surface area contributed by atoms with Gasteiger partial charge in [0.25, 0.3) is 0 Å². The Morgan fingerprint density at radius 2 is 2.50 bits per heavy atom. The summed E-state index contributed by atoms with van der Waals surface area (Å²) in [5.74, 6) is 0.639. The van der Waals surface area contributed by atoms with Gasteiger partial charge < -0.3 is 14.6 Å². The van der Waals surface area contributed by atoms with Gasteiger partial charge in [0, 0.05) is 11.8 Å². The number of aromatic nitrogens is 1. The van der Waals surface area contributed by atoms with Crippen LogP contribution < -0.4 is 4.74 Å². The van der Waals surface area contributed by atoms with Gasteiger partial charge >= 0.3 is 0 Å². The Morgan fingerprint density at radius 3 is 3.25 bits per heavy atom. The van der Waals surface area contributed by atoms with E-state index in [-0.39, 0.29) is 0 Å². The number of aliphatic hydroxyl groups excluding tert-OH is 1. The average molecular weight is 221 g/mol. The fraction of sp³-hybridized carbons (Fsp3) is 0.417. The molecule has 1 atom stereocenters. The summed E-state index contributed by atoms with van der Waals surface area (Å²) >= 11 is 0. The molecule has 0 aliphatic carbocycles. The highest BCUT2D eigenvalue weighted by atomic mass is 16.6. The van der Waals surface area contributed by atoms with Crippen molar-refractivity contribution >= 4 is 0 Å². The summed E-state index contributed by atoms with van der Waals surface area (Å²) in [5.41, 5.74) is 2.39. The number of allylic oxidation sites excluding steroid dienone is 1. The molecule has 16 heavy (non-hydrogen) atoms. The first-order valence-corrected chi connectivity index (χ1v) is 5.26. The summed E-state index contributed by atoms with van der Waals surface area (Å²) in [5, 5.41) is 9.70. The van der Waals surface area contributed by atoms with E-state index >= 15 is 0 Å². The second-order valence-electron chi connectivity index (χ2n) is 3.66. The molecule has 0 radical (unpaired) electrons. The number of rotatable bonds is 3. The lowest BCUT2D eigenvalue weighted by Gasteiger charge is -2.12. The molecule has 86 valence electrons. The molecule has 1 N–H and O–H groups in total. The number of hydrogen-bond acceptors (Lipinski definition) is 4. The van der Waals surface area contributed by atoms with Gasteiger partial charge in [-0.15, -0.1) is 0 Å². The standard InChI is InChI=1S/C12H15NO3/c1-3-4-5-15-11-8(2)13-6-9-7-16-12(14)10(9)11/h3-4,6,12,14H,5,7H2,1-2H3/b4-3+. The second kappa shape index (κ2) is 4.63. The number of aryl methyl sites for hydroxylation is 1. The minimum absolute atomic E-state index is 0.393. The van der Waals surface area contributed by atoms with Crippen LogP contribution in [0.3, 0.4) is 0 Å². The lowest BCUT2D eigenvalue weighted by Crippen LogP contribution is -2.04. The van der Waals surface area contributed by atoms with E-state index < -0.39 is 6.29 Å². The van der Waals surface area contributed by atoms with Crippen LogP contribution in [0.25, 0.3) is 0 Å². The number of pyridine rings is 1. The van der Waals surface area contributed by atoms with Crippen LogP contribution in [-0.4, -0.2) is 16.7 Å². The Hall–Kier alpha value is -1.39. The number of nitrogens with zero attached hydrogens (tertiary/aromatic N) is 1. The molecule has 0 fully saturated rings. The van der Waals surface area contributed by atoms with E-state index in [4.69, 9.17) is 9.47 Å². The zero-order chi connectivity index (χ0) is 11.5. The van der Waals surface area contributed by atoms with Crippen molar-refractivity contribution in [3.05, 3.63) is 35.2 Å². The maximum Gasteiger partial charge on any atom is 0.185 e. The molecule has 0 saturated carbocycles. The predicted octanol–water partition coefficient (Wildman–Crippen LogP) is 1.87. The molecule has 0 spiro atoms. The Bertz CT molecular complexity index is 415. The third-order valence-electron chi connectivity index (χ3n) is 2.54. The molecule has 2 heterocycles. The molecule has 0 aromatic carbocycles.